The minimum Gasteiger partial charge on any atom is -0.398 e. The van der Waals surface area contributed by atoms with Crippen LogP contribution in [0.15, 0.2) is 39.7 Å². The third kappa shape index (κ3) is 3.30. The molecular weight excluding hydrogens is 373 g/mol. The molecule has 3 N–H and O–H groups in total. The van der Waals surface area contributed by atoms with Gasteiger partial charge in [-0.2, -0.15) is 0 Å². The van der Waals surface area contributed by atoms with Gasteiger partial charge < -0.3 is 5.73 Å². The summed E-state index contributed by atoms with van der Waals surface area (Å²) in [6.07, 6.45) is 0. The van der Waals surface area contributed by atoms with Gasteiger partial charge in [0.1, 0.15) is 22.3 Å². The lowest BCUT2D eigenvalue weighted by Gasteiger charge is -2.11. The zero-order valence-corrected chi connectivity index (χ0v) is 12.6. The van der Waals surface area contributed by atoms with Crippen molar-refractivity contribution in [3.05, 3.63) is 52.3 Å². The molecule has 21 heavy (non-hydrogen) atoms. The van der Waals surface area contributed by atoms with E-state index in [0.717, 1.165) is 24.3 Å². The Morgan fingerprint density at radius 1 is 1.05 bits per heavy atom. The molecule has 0 bridgehead atoms. The lowest BCUT2D eigenvalue weighted by atomic mass is 10.3. The molecule has 2 aromatic rings. The number of benzene rings is 2. The molecule has 2 aromatic carbocycles. The molecule has 0 fully saturated rings. The van der Waals surface area contributed by atoms with Crippen LogP contribution in [0.4, 0.5) is 24.5 Å². The molecule has 0 saturated heterocycles. The van der Waals surface area contributed by atoms with Crippen molar-refractivity contribution < 1.29 is 21.6 Å². The van der Waals surface area contributed by atoms with E-state index in [9.17, 15) is 21.6 Å². The van der Waals surface area contributed by atoms with E-state index in [0.29, 0.717) is 6.07 Å². The van der Waals surface area contributed by atoms with Gasteiger partial charge in [0, 0.05) is 16.2 Å². The highest BCUT2D eigenvalue weighted by atomic mass is 79.9. The highest BCUT2D eigenvalue weighted by molar-refractivity contribution is 9.10. The lowest BCUT2D eigenvalue weighted by molar-refractivity contribution is 0.568. The number of sulfonamides is 1. The van der Waals surface area contributed by atoms with E-state index in [1.807, 2.05) is 0 Å². The first kappa shape index (κ1) is 15.6. The largest absolute Gasteiger partial charge is 0.398 e. The Labute approximate surface area is 127 Å². The third-order valence-corrected chi connectivity index (χ3v) is 4.58. The van der Waals surface area contributed by atoms with Gasteiger partial charge >= 0.3 is 0 Å². The maximum Gasteiger partial charge on any atom is 0.264 e. The zero-order valence-electron chi connectivity index (χ0n) is 10.2. The Kier molecular flexibility index (Phi) is 4.15. The van der Waals surface area contributed by atoms with Gasteiger partial charge in [-0.15, -0.1) is 0 Å². The predicted molar refractivity (Wildman–Crippen MR) is 75.7 cm³/mol. The Bertz CT molecular complexity index is 812. The van der Waals surface area contributed by atoms with Crippen molar-refractivity contribution in [2.45, 2.75) is 4.90 Å². The first-order chi connectivity index (χ1) is 9.70. The van der Waals surface area contributed by atoms with Gasteiger partial charge in [-0.05, 0) is 40.2 Å². The summed E-state index contributed by atoms with van der Waals surface area (Å²) < 4.78 is 66.2. The van der Waals surface area contributed by atoms with Gasteiger partial charge in [-0.25, -0.2) is 21.6 Å². The second-order valence-corrected chi connectivity index (χ2v) is 6.54. The molecule has 0 unspecified atom stereocenters. The minimum absolute atomic E-state index is 0.0171. The van der Waals surface area contributed by atoms with Gasteiger partial charge in [0.2, 0.25) is 0 Å². The molecule has 4 nitrogen and oxygen atoms in total. The molecule has 112 valence electrons. The van der Waals surface area contributed by atoms with Gasteiger partial charge in [0.15, 0.2) is 0 Å². The van der Waals surface area contributed by atoms with Crippen molar-refractivity contribution in [2.75, 3.05) is 10.5 Å². The molecular formula is C12H8BrF3N2O2S. The predicted octanol–water partition coefficient (Wildman–Crippen LogP) is 3.25. The van der Waals surface area contributed by atoms with Crippen molar-refractivity contribution in [3.8, 4) is 0 Å². The minimum atomic E-state index is -4.46. The molecule has 0 heterocycles. The first-order valence-electron chi connectivity index (χ1n) is 5.43. The fourth-order valence-corrected chi connectivity index (χ4v) is 3.00. The smallest absolute Gasteiger partial charge is 0.264 e. The standard InChI is InChI=1S/C12H8BrF3N2O2S/c13-7-4-9(16)12(5-10(7)17)21(19,20)18-11-3-6(14)1-2-8(11)15/h1-5,18H,17H2. The number of nitrogen functional groups attached to an aromatic ring is 1. The highest BCUT2D eigenvalue weighted by Gasteiger charge is 2.22. The average Bonchev–Trinajstić information content (AvgIpc) is 2.37. The van der Waals surface area contributed by atoms with Gasteiger partial charge in [-0.1, -0.05) is 0 Å². The van der Waals surface area contributed by atoms with Gasteiger partial charge in [-0.3, -0.25) is 4.72 Å². The first-order valence-corrected chi connectivity index (χ1v) is 7.71. The molecule has 0 atom stereocenters. The summed E-state index contributed by atoms with van der Waals surface area (Å²) in [5.74, 6) is -2.92. The summed E-state index contributed by atoms with van der Waals surface area (Å²) in [5.41, 5.74) is 4.85. The van der Waals surface area contributed by atoms with Crippen LogP contribution < -0.4 is 10.5 Å². The topological polar surface area (TPSA) is 72.2 Å². The van der Waals surface area contributed by atoms with Crippen LogP contribution in [0, 0.1) is 17.5 Å². The number of hydrogen-bond donors (Lipinski definition) is 2. The third-order valence-electron chi connectivity index (χ3n) is 2.51. The second-order valence-electron chi connectivity index (χ2n) is 4.03. The van der Waals surface area contributed by atoms with Crippen molar-refractivity contribution in [1.29, 1.82) is 0 Å². The average molecular weight is 381 g/mol. The number of nitrogens with two attached hydrogens (primary N) is 1. The van der Waals surface area contributed by atoms with E-state index >= 15 is 0 Å². The molecule has 0 saturated carbocycles. The summed E-state index contributed by atoms with van der Waals surface area (Å²) in [6.45, 7) is 0. The summed E-state index contributed by atoms with van der Waals surface area (Å²) in [4.78, 5) is -0.771. The Morgan fingerprint density at radius 3 is 2.38 bits per heavy atom. The normalized spacial score (nSPS) is 11.4. The van der Waals surface area contributed by atoms with Gasteiger partial charge in [0.25, 0.3) is 10.0 Å². The molecule has 0 aliphatic rings. The number of anilines is 2. The second kappa shape index (κ2) is 5.57. The Morgan fingerprint density at radius 2 is 1.71 bits per heavy atom. The van der Waals surface area contributed by atoms with Crippen LogP contribution in [0.2, 0.25) is 0 Å². The van der Waals surface area contributed by atoms with Gasteiger partial charge in [0.05, 0.1) is 5.69 Å². The zero-order chi connectivity index (χ0) is 15.8. The fourth-order valence-electron chi connectivity index (χ4n) is 1.53. The molecule has 0 spiro atoms. The lowest BCUT2D eigenvalue weighted by Crippen LogP contribution is -2.16. The Balaban J connectivity index is 2.48. The van der Waals surface area contributed by atoms with Crippen molar-refractivity contribution in [3.63, 3.8) is 0 Å². The molecule has 0 aliphatic heterocycles. The monoisotopic (exact) mass is 380 g/mol. The summed E-state index contributed by atoms with van der Waals surface area (Å²) in [7, 11) is -4.46. The molecule has 9 heteroatoms. The van der Waals surface area contributed by atoms with E-state index in [2.05, 4.69) is 15.9 Å². The van der Waals surface area contributed by atoms with Crippen LogP contribution in [-0.2, 0) is 10.0 Å². The van der Waals surface area contributed by atoms with Crippen LogP contribution >= 0.6 is 15.9 Å². The SMILES string of the molecule is Nc1cc(S(=O)(=O)Nc2cc(F)ccc2F)c(F)cc1Br. The number of rotatable bonds is 3. The number of hydrogen-bond acceptors (Lipinski definition) is 3. The quantitative estimate of drug-likeness (QED) is 0.802. The summed E-state index contributed by atoms with van der Waals surface area (Å²) in [6, 6.07) is 3.96. The van der Waals surface area contributed by atoms with E-state index in [-0.39, 0.29) is 10.2 Å². The molecule has 0 radical (unpaired) electrons. The van der Waals surface area contributed by atoms with Crippen LogP contribution in [0.1, 0.15) is 0 Å². The van der Waals surface area contributed by atoms with Crippen LogP contribution in [0.5, 0.6) is 0 Å². The van der Waals surface area contributed by atoms with Crippen molar-refractivity contribution >= 4 is 37.3 Å². The van der Waals surface area contributed by atoms with Crippen molar-refractivity contribution in [2.24, 2.45) is 0 Å². The Hall–Kier alpha value is -1.74. The van der Waals surface area contributed by atoms with E-state index < -0.39 is 38.1 Å². The van der Waals surface area contributed by atoms with Crippen LogP contribution in [-0.4, -0.2) is 8.42 Å². The van der Waals surface area contributed by atoms with E-state index in [4.69, 9.17) is 5.73 Å². The molecule has 2 rings (SSSR count). The number of halogens is 4. The molecule has 0 aromatic heterocycles. The maximum absolute atomic E-state index is 13.7. The molecule has 0 amide bonds. The molecule has 0 aliphatic carbocycles. The maximum atomic E-state index is 13.7. The highest BCUT2D eigenvalue weighted by Crippen LogP contribution is 2.28. The van der Waals surface area contributed by atoms with Crippen molar-refractivity contribution in [1.82, 2.24) is 0 Å². The summed E-state index contributed by atoms with van der Waals surface area (Å²) in [5, 5.41) is 0. The number of nitrogens with one attached hydrogen (secondary N) is 1. The fraction of sp³-hybridized carbons (Fsp3) is 0. The van der Waals surface area contributed by atoms with Crippen LogP contribution in [0.3, 0.4) is 0 Å². The summed E-state index contributed by atoms with van der Waals surface area (Å²) >= 11 is 2.95. The van der Waals surface area contributed by atoms with E-state index in [1.165, 1.54) is 0 Å². The van der Waals surface area contributed by atoms with Crippen LogP contribution in [0.25, 0.3) is 0 Å². The van der Waals surface area contributed by atoms with E-state index in [1.54, 1.807) is 4.72 Å².